The van der Waals surface area contributed by atoms with E-state index in [1.54, 1.807) is 24.1 Å². The average molecular weight is 254 g/mol. The molecule has 0 atom stereocenters. The van der Waals surface area contributed by atoms with Gasteiger partial charge in [-0.25, -0.2) is 0 Å². The van der Waals surface area contributed by atoms with Crippen molar-refractivity contribution >= 4 is 23.2 Å². The second-order valence-corrected chi connectivity index (χ2v) is 5.93. The lowest BCUT2D eigenvalue weighted by Gasteiger charge is -2.21. The van der Waals surface area contributed by atoms with Gasteiger partial charge in [-0.05, 0) is 36.1 Å². The summed E-state index contributed by atoms with van der Waals surface area (Å²) < 4.78 is 0. The fourth-order valence-corrected chi connectivity index (χ4v) is 1.58. The fourth-order valence-electron chi connectivity index (χ4n) is 1.46. The van der Waals surface area contributed by atoms with E-state index in [1.165, 1.54) is 0 Å². The molecule has 1 amide bonds. The number of hydrogen-bond acceptors (Lipinski definition) is 1. The molecule has 0 bridgehead atoms. The average Bonchev–Trinajstić information content (AvgIpc) is 2.25. The Morgan fingerprint density at radius 3 is 2.24 bits per heavy atom. The lowest BCUT2D eigenvalue weighted by atomic mass is 9.90. The predicted molar refractivity (Wildman–Crippen MR) is 73.6 cm³/mol. The van der Waals surface area contributed by atoms with E-state index in [1.807, 2.05) is 12.1 Å². The van der Waals surface area contributed by atoms with E-state index in [9.17, 15) is 4.79 Å². The van der Waals surface area contributed by atoms with Crippen LogP contribution in [0.5, 0.6) is 0 Å². The Kier molecular flexibility index (Phi) is 4.58. The smallest absolute Gasteiger partial charge is 0.226 e. The first-order valence-electron chi connectivity index (χ1n) is 5.82. The maximum Gasteiger partial charge on any atom is 0.226 e. The first-order chi connectivity index (χ1) is 7.79. The molecule has 0 heterocycles. The Bertz CT molecular complexity index is 378. The molecule has 0 aliphatic heterocycles. The molecule has 94 valence electrons. The van der Waals surface area contributed by atoms with Crippen LogP contribution in [0.15, 0.2) is 24.3 Å². The third-order valence-electron chi connectivity index (χ3n) is 2.68. The highest BCUT2D eigenvalue weighted by molar-refractivity contribution is 6.30. The lowest BCUT2D eigenvalue weighted by Crippen LogP contribution is -2.27. The molecule has 0 aliphatic carbocycles. The van der Waals surface area contributed by atoms with E-state index in [4.69, 9.17) is 11.6 Å². The normalized spacial score (nSPS) is 11.4. The van der Waals surface area contributed by atoms with Crippen molar-refractivity contribution in [2.75, 3.05) is 11.9 Å². The highest BCUT2D eigenvalue weighted by Gasteiger charge is 2.16. The van der Waals surface area contributed by atoms with Gasteiger partial charge in [0.1, 0.15) is 0 Å². The molecule has 0 aliphatic rings. The van der Waals surface area contributed by atoms with Gasteiger partial charge in [0.05, 0.1) is 0 Å². The van der Waals surface area contributed by atoms with Crippen LogP contribution in [-0.4, -0.2) is 13.0 Å². The highest BCUT2D eigenvalue weighted by Crippen LogP contribution is 2.23. The first kappa shape index (κ1) is 14.0. The Morgan fingerprint density at radius 2 is 1.76 bits per heavy atom. The van der Waals surface area contributed by atoms with Gasteiger partial charge in [-0.15, -0.1) is 0 Å². The van der Waals surface area contributed by atoms with E-state index in [0.717, 1.165) is 12.1 Å². The van der Waals surface area contributed by atoms with Gasteiger partial charge in [0.2, 0.25) is 5.91 Å². The van der Waals surface area contributed by atoms with Crippen LogP contribution in [0.1, 0.15) is 33.6 Å². The van der Waals surface area contributed by atoms with Crippen LogP contribution in [0, 0.1) is 5.41 Å². The Labute approximate surface area is 109 Å². The van der Waals surface area contributed by atoms with Crippen molar-refractivity contribution in [1.29, 1.82) is 0 Å². The number of amides is 1. The van der Waals surface area contributed by atoms with Crippen molar-refractivity contribution in [3.05, 3.63) is 29.3 Å². The van der Waals surface area contributed by atoms with E-state index in [0.29, 0.717) is 11.4 Å². The minimum Gasteiger partial charge on any atom is -0.316 e. The standard InChI is InChI=1S/C14H20ClNO/c1-14(2,3)10-9-13(17)16(4)12-7-5-11(15)6-8-12/h5-8H,9-10H2,1-4H3. The van der Waals surface area contributed by atoms with Crippen molar-refractivity contribution in [3.8, 4) is 0 Å². The van der Waals surface area contributed by atoms with Gasteiger partial charge < -0.3 is 4.90 Å². The molecule has 0 aromatic heterocycles. The quantitative estimate of drug-likeness (QED) is 0.793. The maximum atomic E-state index is 12.0. The summed E-state index contributed by atoms with van der Waals surface area (Å²) in [6.45, 7) is 6.42. The van der Waals surface area contributed by atoms with Crippen LogP contribution in [-0.2, 0) is 4.79 Å². The van der Waals surface area contributed by atoms with Gasteiger partial charge in [-0.1, -0.05) is 32.4 Å². The van der Waals surface area contributed by atoms with Gasteiger partial charge in [0.25, 0.3) is 0 Å². The van der Waals surface area contributed by atoms with Gasteiger partial charge in [-0.3, -0.25) is 4.79 Å². The second-order valence-electron chi connectivity index (χ2n) is 5.49. The van der Waals surface area contributed by atoms with Crippen LogP contribution in [0.4, 0.5) is 5.69 Å². The van der Waals surface area contributed by atoms with Gasteiger partial charge in [-0.2, -0.15) is 0 Å². The Morgan fingerprint density at radius 1 is 1.24 bits per heavy atom. The van der Waals surface area contributed by atoms with Gasteiger partial charge in [0.15, 0.2) is 0 Å². The maximum absolute atomic E-state index is 12.0. The monoisotopic (exact) mass is 253 g/mol. The molecule has 2 nitrogen and oxygen atoms in total. The SMILES string of the molecule is CN(C(=O)CCC(C)(C)C)c1ccc(Cl)cc1. The molecule has 0 N–H and O–H groups in total. The summed E-state index contributed by atoms with van der Waals surface area (Å²) >= 11 is 5.81. The van der Waals surface area contributed by atoms with Crippen molar-refractivity contribution in [3.63, 3.8) is 0 Å². The summed E-state index contributed by atoms with van der Waals surface area (Å²) in [6.07, 6.45) is 1.46. The van der Waals surface area contributed by atoms with Gasteiger partial charge >= 0.3 is 0 Å². The van der Waals surface area contributed by atoms with E-state index in [2.05, 4.69) is 20.8 Å². The van der Waals surface area contributed by atoms with Gasteiger partial charge in [0, 0.05) is 24.2 Å². The second kappa shape index (κ2) is 5.54. The molecule has 1 aromatic carbocycles. The number of rotatable bonds is 3. The van der Waals surface area contributed by atoms with Crippen LogP contribution in [0.25, 0.3) is 0 Å². The summed E-state index contributed by atoms with van der Waals surface area (Å²) in [6, 6.07) is 7.31. The molecule has 0 fully saturated rings. The number of carbonyl (C=O) groups is 1. The Balaban J connectivity index is 2.61. The minimum absolute atomic E-state index is 0.141. The fraction of sp³-hybridized carbons (Fsp3) is 0.500. The number of halogens is 1. The van der Waals surface area contributed by atoms with Crippen molar-refractivity contribution < 1.29 is 4.79 Å². The number of nitrogens with zero attached hydrogens (tertiary/aromatic N) is 1. The summed E-state index contributed by atoms with van der Waals surface area (Å²) in [7, 11) is 1.80. The van der Waals surface area contributed by atoms with Crippen molar-refractivity contribution in [2.45, 2.75) is 33.6 Å². The summed E-state index contributed by atoms with van der Waals surface area (Å²) in [5.74, 6) is 0.141. The molecular formula is C14H20ClNO. The first-order valence-corrected chi connectivity index (χ1v) is 6.19. The summed E-state index contributed by atoms with van der Waals surface area (Å²) in [4.78, 5) is 13.7. The van der Waals surface area contributed by atoms with Crippen LogP contribution in [0.2, 0.25) is 5.02 Å². The predicted octanol–water partition coefficient (Wildman–Crippen LogP) is 4.13. The number of benzene rings is 1. The molecule has 3 heteroatoms. The molecule has 17 heavy (non-hydrogen) atoms. The van der Waals surface area contributed by atoms with Crippen molar-refractivity contribution in [2.24, 2.45) is 5.41 Å². The number of hydrogen-bond donors (Lipinski definition) is 0. The third kappa shape index (κ3) is 4.78. The molecule has 0 unspecified atom stereocenters. The Hall–Kier alpha value is -1.02. The molecule has 0 radical (unpaired) electrons. The topological polar surface area (TPSA) is 20.3 Å². The van der Waals surface area contributed by atoms with E-state index in [-0.39, 0.29) is 11.3 Å². The number of anilines is 1. The molecule has 0 spiro atoms. The molecule has 1 aromatic rings. The zero-order chi connectivity index (χ0) is 13.1. The molecular weight excluding hydrogens is 234 g/mol. The zero-order valence-corrected chi connectivity index (χ0v) is 11.7. The van der Waals surface area contributed by atoms with Crippen LogP contribution < -0.4 is 4.90 Å². The zero-order valence-electron chi connectivity index (χ0n) is 11.0. The van der Waals surface area contributed by atoms with E-state index < -0.39 is 0 Å². The third-order valence-corrected chi connectivity index (χ3v) is 2.93. The largest absolute Gasteiger partial charge is 0.316 e. The molecule has 1 rings (SSSR count). The molecule has 0 saturated carbocycles. The minimum atomic E-state index is 0.141. The van der Waals surface area contributed by atoms with Crippen LogP contribution >= 0.6 is 11.6 Å². The number of carbonyl (C=O) groups excluding carboxylic acids is 1. The molecule has 0 saturated heterocycles. The van der Waals surface area contributed by atoms with E-state index >= 15 is 0 Å². The van der Waals surface area contributed by atoms with Crippen LogP contribution in [0.3, 0.4) is 0 Å². The summed E-state index contributed by atoms with van der Waals surface area (Å²) in [5, 5.41) is 0.685. The highest BCUT2D eigenvalue weighted by atomic mass is 35.5. The summed E-state index contributed by atoms with van der Waals surface area (Å²) in [5.41, 5.74) is 1.07. The van der Waals surface area contributed by atoms with Crippen molar-refractivity contribution in [1.82, 2.24) is 0 Å². The lowest BCUT2D eigenvalue weighted by molar-refractivity contribution is -0.118.